The number of rotatable bonds is 6. The molecule has 0 saturated carbocycles. The second-order valence-electron chi connectivity index (χ2n) is 7.70. The van der Waals surface area contributed by atoms with Crippen LogP contribution in [0.1, 0.15) is 17.2 Å². The fourth-order valence-electron chi connectivity index (χ4n) is 3.78. The van der Waals surface area contributed by atoms with Gasteiger partial charge in [-0.25, -0.2) is 9.18 Å². The Hall–Kier alpha value is -3.75. The lowest BCUT2D eigenvalue weighted by Crippen LogP contribution is -2.52. The molecule has 1 heterocycles. The van der Waals surface area contributed by atoms with Crippen LogP contribution in [0.5, 0.6) is 0 Å². The van der Waals surface area contributed by atoms with Gasteiger partial charge < -0.3 is 25.4 Å². The van der Waals surface area contributed by atoms with Crippen LogP contribution < -0.4 is 10.6 Å². The van der Waals surface area contributed by atoms with E-state index >= 15 is 0 Å². The van der Waals surface area contributed by atoms with Gasteiger partial charge >= 0.3 is 6.03 Å². The first kappa shape index (κ1) is 22.4. The number of para-hydroxylation sites is 1. The molecule has 1 saturated heterocycles. The van der Waals surface area contributed by atoms with Gasteiger partial charge in [-0.1, -0.05) is 42.5 Å². The van der Waals surface area contributed by atoms with Gasteiger partial charge in [0.15, 0.2) is 0 Å². The van der Waals surface area contributed by atoms with Crippen molar-refractivity contribution in [3.63, 3.8) is 0 Å². The summed E-state index contributed by atoms with van der Waals surface area (Å²) in [6.07, 6.45) is -0.541. The fraction of sp³-hybridized carbons (Fsp3) is 0.200. The fourth-order valence-corrected chi connectivity index (χ4v) is 3.78. The molecule has 33 heavy (non-hydrogen) atoms. The molecule has 3 amide bonds. The first-order valence-electron chi connectivity index (χ1n) is 10.5. The molecule has 0 unspecified atom stereocenters. The van der Waals surface area contributed by atoms with Gasteiger partial charge in [0, 0.05) is 17.9 Å². The molecule has 4 rings (SSSR count). The molecule has 0 spiro atoms. The van der Waals surface area contributed by atoms with Crippen molar-refractivity contribution in [2.24, 2.45) is 0 Å². The summed E-state index contributed by atoms with van der Waals surface area (Å²) in [7, 11) is 0. The van der Waals surface area contributed by atoms with Gasteiger partial charge in [-0.2, -0.15) is 0 Å². The molecule has 1 aliphatic heterocycles. The maximum Gasteiger partial charge on any atom is 0.323 e. The van der Waals surface area contributed by atoms with Crippen LogP contribution in [0.4, 0.5) is 20.6 Å². The summed E-state index contributed by atoms with van der Waals surface area (Å²) in [5, 5.41) is 15.6. The Morgan fingerprint density at radius 3 is 2.24 bits per heavy atom. The number of carbonyl (C=O) groups excluding carboxylic acids is 2. The second-order valence-corrected chi connectivity index (χ2v) is 7.70. The maximum absolute atomic E-state index is 13.2. The van der Waals surface area contributed by atoms with Crippen molar-refractivity contribution in [3.05, 3.63) is 95.8 Å². The average molecular weight is 449 g/mol. The van der Waals surface area contributed by atoms with Crippen molar-refractivity contribution >= 4 is 23.3 Å². The smallest absolute Gasteiger partial charge is 0.323 e. The topological polar surface area (TPSA) is 90.9 Å². The minimum absolute atomic E-state index is 0.123. The molecule has 0 radical (unpaired) electrons. The molecule has 0 bridgehead atoms. The number of halogens is 1. The van der Waals surface area contributed by atoms with E-state index in [-0.39, 0.29) is 37.5 Å². The number of ether oxygens (including phenoxy) is 1. The molecule has 0 aliphatic carbocycles. The number of aliphatic hydroxyl groups excluding tert-OH is 1. The Balaban J connectivity index is 1.44. The summed E-state index contributed by atoms with van der Waals surface area (Å²) in [6, 6.07) is 21.1. The van der Waals surface area contributed by atoms with E-state index in [9.17, 15) is 19.1 Å². The molecular formula is C25H24FN3O4. The first-order valence-corrected chi connectivity index (χ1v) is 10.5. The molecule has 8 heteroatoms. The van der Waals surface area contributed by atoms with E-state index in [1.54, 1.807) is 53.4 Å². The van der Waals surface area contributed by atoms with Crippen LogP contribution in [0.3, 0.4) is 0 Å². The third kappa shape index (κ3) is 5.54. The van der Waals surface area contributed by atoms with Crippen molar-refractivity contribution in [1.82, 2.24) is 4.90 Å². The molecule has 0 aromatic heterocycles. The van der Waals surface area contributed by atoms with Gasteiger partial charge in [0.05, 0.1) is 12.6 Å². The molecular weight excluding hydrogens is 425 g/mol. The zero-order valence-electron chi connectivity index (χ0n) is 17.8. The highest BCUT2D eigenvalue weighted by molar-refractivity contribution is 5.99. The number of hydrogen-bond donors (Lipinski definition) is 3. The van der Waals surface area contributed by atoms with Gasteiger partial charge in [-0.05, 0) is 47.5 Å². The Bertz CT molecular complexity index is 1090. The monoisotopic (exact) mass is 449 g/mol. The number of carbonyl (C=O) groups is 2. The number of nitrogens with one attached hydrogen (secondary N) is 2. The SMILES string of the molecule is O=C(Nc1ccccc1)Nc1ccc([C@H]2OCC(=O)N(Cc3ccc(F)cc3)[C@@H]2CO)cc1. The summed E-state index contributed by atoms with van der Waals surface area (Å²) < 4.78 is 19.0. The first-order chi connectivity index (χ1) is 16.0. The summed E-state index contributed by atoms with van der Waals surface area (Å²) in [5.74, 6) is -0.597. The predicted octanol–water partition coefficient (Wildman–Crippen LogP) is 3.93. The van der Waals surface area contributed by atoms with E-state index in [1.165, 1.54) is 12.1 Å². The summed E-state index contributed by atoms with van der Waals surface area (Å²) >= 11 is 0. The van der Waals surface area contributed by atoms with Crippen molar-refractivity contribution in [2.75, 3.05) is 23.8 Å². The molecule has 7 nitrogen and oxygen atoms in total. The van der Waals surface area contributed by atoms with Gasteiger partial charge in [-0.3, -0.25) is 4.79 Å². The summed E-state index contributed by atoms with van der Waals surface area (Å²) in [6.45, 7) is -0.178. The van der Waals surface area contributed by atoms with Crippen molar-refractivity contribution in [1.29, 1.82) is 0 Å². The number of nitrogens with zero attached hydrogens (tertiary/aromatic N) is 1. The standard InChI is InChI=1S/C25H24FN3O4/c26-19-10-6-17(7-11-19)14-29-22(15-30)24(33-16-23(29)31)18-8-12-21(13-9-18)28-25(32)27-20-4-2-1-3-5-20/h1-13,22,24,30H,14-16H2,(H2,27,28,32)/t22-,24-/m1/s1. The number of morpholine rings is 1. The summed E-state index contributed by atoms with van der Waals surface area (Å²) in [5.41, 5.74) is 2.79. The highest BCUT2D eigenvalue weighted by atomic mass is 19.1. The van der Waals surface area contributed by atoms with E-state index in [0.717, 1.165) is 11.1 Å². The van der Waals surface area contributed by atoms with Gasteiger partial charge in [-0.15, -0.1) is 0 Å². The molecule has 1 fully saturated rings. The van der Waals surface area contributed by atoms with Crippen LogP contribution in [-0.4, -0.2) is 41.2 Å². The van der Waals surface area contributed by atoms with Gasteiger partial charge in [0.1, 0.15) is 18.5 Å². The van der Waals surface area contributed by atoms with Gasteiger partial charge in [0.25, 0.3) is 0 Å². The molecule has 3 aromatic rings. The Kier molecular flexibility index (Phi) is 6.97. The summed E-state index contributed by atoms with van der Waals surface area (Å²) in [4.78, 5) is 26.2. The van der Waals surface area contributed by atoms with E-state index in [4.69, 9.17) is 4.74 Å². The Labute approximate surface area is 190 Å². The lowest BCUT2D eigenvalue weighted by Gasteiger charge is -2.40. The van der Waals surface area contributed by atoms with Crippen LogP contribution in [-0.2, 0) is 16.1 Å². The average Bonchev–Trinajstić information content (AvgIpc) is 2.83. The third-order valence-corrected chi connectivity index (χ3v) is 5.44. The zero-order chi connectivity index (χ0) is 23.2. The number of benzene rings is 3. The highest BCUT2D eigenvalue weighted by Crippen LogP contribution is 2.31. The lowest BCUT2D eigenvalue weighted by atomic mass is 9.98. The zero-order valence-corrected chi connectivity index (χ0v) is 17.8. The molecule has 170 valence electrons. The van der Waals surface area contributed by atoms with Crippen molar-refractivity contribution < 1.29 is 23.8 Å². The van der Waals surface area contributed by atoms with Crippen molar-refractivity contribution in [2.45, 2.75) is 18.7 Å². The van der Waals surface area contributed by atoms with E-state index < -0.39 is 12.1 Å². The third-order valence-electron chi connectivity index (χ3n) is 5.44. The van der Waals surface area contributed by atoms with Crippen LogP contribution >= 0.6 is 0 Å². The number of anilines is 2. The molecule has 1 aliphatic rings. The Morgan fingerprint density at radius 1 is 0.970 bits per heavy atom. The maximum atomic E-state index is 13.2. The van der Waals surface area contributed by atoms with E-state index in [0.29, 0.717) is 11.4 Å². The van der Waals surface area contributed by atoms with Crippen LogP contribution in [0.2, 0.25) is 0 Å². The number of hydrogen-bond acceptors (Lipinski definition) is 4. The van der Waals surface area contributed by atoms with Crippen LogP contribution in [0, 0.1) is 5.82 Å². The number of amides is 3. The number of aliphatic hydroxyl groups is 1. The lowest BCUT2D eigenvalue weighted by molar-refractivity contribution is -0.162. The van der Waals surface area contributed by atoms with Crippen LogP contribution in [0.15, 0.2) is 78.9 Å². The molecule has 3 N–H and O–H groups in total. The van der Waals surface area contributed by atoms with Crippen molar-refractivity contribution in [3.8, 4) is 0 Å². The normalized spacial score (nSPS) is 18.1. The second kappa shape index (κ2) is 10.2. The highest BCUT2D eigenvalue weighted by Gasteiger charge is 2.37. The quantitative estimate of drug-likeness (QED) is 0.532. The minimum Gasteiger partial charge on any atom is -0.394 e. The van der Waals surface area contributed by atoms with E-state index in [2.05, 4.69) is 10.6 Å². The molecule has 2 atom stereocenters. The number of urea groups is 1. The van der Waals surface area contributed by atoms with Gasteiger partial charge in [0.2, 0.25) is 5.91 Å². The molecule has 3 aromatic carbocycles. The predicted molar refractivity (Wildman–Crippen MR) is 122 cm³/mol. The Morgan fingerprint density at radius 2 is 1.61 bits per heavy atom. The van der Waals surface area contributed by atoms with E-state index in [1.807, 2.05) is 18.2 Å². The van der Waals surface area contributed by atoms with Crippen LogP contribution in [0.25, 0.3) is 0 Å². The minimum atomic E-state index is -0.600. The largest absolute Gasteiger partial charge is 0.394 e.